The van der Waals surface area contributed by atoms with Crippen LogP contribution in [0.5, 0.6) is 0 Å². The van der Waals surface area contributed by atoms with Gasteiger partial charge in [-0.2, -0.15) is 0 Å². The minimum atomic E-state index is 0.210. The Morgan fingerprint density at radius 1 is 1.22 bits per heavy atom. The Bertz CT molecular complexity index is 383. The lowest BCUT2D eigenvalue weighted by Gasteiger charge is -2.33. The van der Waals surface area contributed by atoms with Gasteiger partial charge in [-0.3, -0.25) is 4.79 Å². The summed E-state index contributed by atoms with van der Waals surface area (Å²) in [6.07, 6.45) is 4.65. The molecule has 0 radical (unpaired) electrons. The van der Waals surface area contributed by atoms with Crippen LogP contribution in [0.1, 0.15) is 31.2 Å². The van der Waals surface area contributed by atoms with Crippen LogP contribution >= 0.6 is 0 Å². The molecule has 1 aliphatic rings. The van der Waals surface area contributed by atoms with Gasteiger partial charge in [0.1, 0.15) is 0 Å². The molecule has 2 N–H and O–H groups in total. The smallest absolute Gasteiger partial charge is 0.226 e. The van der Waals surface area contributed by atoms with Crippen LogP contribution < -0.4 is 5.73 Å². The van der Waals surface area contributed by atoms with Crippen LogP contribution in [0.3, 0.4) is 0 Å². The SMILES string of the molecule is CN(C(=O)Cc1ccccc1)C1CCC(N)CC1. The maximum absolute atomic E-state index is 12.2. The highest BCUT2D eigenvalue weighted by Crippen LogP contribution is 2.21. The fourth-order valence-electron chi connectivity index (χ4n) is 2.59. The van der Waals surface area contributed by atoms with Gasteiger partial charge in [-0.05, 0) is 31.2 Å². The molecular weight excluding hydrogens is 224 g/mol. The first-order chi connectivity index (χ1) is 8.66. The van der Waals surface area contributed by atoms with E-state index in [0.717, 1.165) is 31.2 Å². The molecule has 1 amide bonds. The van der Waals surface area contributed by atoms with Crippen molar-refractivity contribution in [3.05, 3.63) is 35.9 Å². The van der Waals surface area contributed by atoms with Crippen molar-refractivity contribution in [1.82, 2.24) is 4.90 Å². The van der Waals surface area contributed by atoms with Crippen molar-refractivity contribution in [2.24, 2.45) is 5.73 Å². The molecule has 0 aromatic heterocycles. The molecule has 1 aliphatic carbocycles. The average molecular weight is 246 g/mol. The quantitative estimate of drug-likeness (QED) is 0.886. The van der Waals surface area contributed by atoms with Crippen LogP contribution in [0, 0.1) is 0 Å². The molecule has 0 saturated heterocycles. The molecule has 3 nitrogen and oxygen atoms in total. The number of likely N-dealkylation sites (N-methyl/N-ethyl adjacent to an activating group) is 1. The molecule has 0 heterocycles. The lowest BCUT2D eigenvalue weighted by molar-refractivity contribution is -0.131. The van der Waals surface area contributed by atoms with Crippen molar-refractivity contribution in [3.63, 3.8) is 0 Å². The van der Waals surface area contributed by atoms with Gasteiger partial charge in [0, 0.05) is 19.1 Å². The number of hydrogen-bond acceptors (Lipinski definition) is 2. The molecule has 1 fully saturated rings. The average Bonchev–Trinajstić information content (AvgIpc) is 2.40. The summed E-state index contributed by atoms with van der Waals surface area (Å²) in [5.41, 5.74) is 6.98. The lowest BCUT2D eigenvalue weighted by atomic mass is 9.91. The van der Waals surface area contributed by atoms with E-state index in [1.54, 1.807) is 0 Å². The van der Waals surface area contributed by atoms with Crippen molar-refractivity contribution in [1.29, 1.82) is 0 Å². The predicted octanol–water partition coefficient (Wildman–Crippen LogP) is 1.96. The highest BCUT2D eigenvalue weighted by molar-refractivity contribution is 5.78. The first-order valence-corrected chi connectivity index (χ1v) is 6.72. The number of rotatable bonds is 3. The third-order valence-electron chi connectivity index (χ3n) is 3.88. The van der Waals surface area contributed by atoms with Gasteiger partial charge in [0.2, 0.25) is 5.91 Å². The zero-order chi connectivity index (χ0) is 13.0. The van der Waals surface area contributed by atoms with E-state index >= 15 is 0 Å². The second kappa shape index (κ2) is 6.01. The number of carbonyl (C=O) groups is 1. The number of nitrogens with two attached hydrogens (primary N) is 1. The predicted molar refractivity (Wildman–Crippen MR) is 73.1 cm³/mol. The molecule has 0 unspecified atom stereocenters. The third-order valence-corrected chi connectivity index (χ3v) is 3.88. The van der Waals surface area contributed by atoms with Gasteiger partial charge in [0.15, 0.2) is 0 Å². The Labute approximate surface area is 109 Å². The molecule has 18 heavy (non-hydrogen) atoms. The number of hydrogen-bond donors (Lipinski definition) is 1. The summed E-state index contributed by atoms with van der Waals surface area (Å²) in [4.78, 5) is 14.1. The highest BCUT2D eigenvalue weighted by Gasteiger charge is 2.24. The van der Waals surface area contributed by atoms with Crippen molar-refractivity contribution < 1.29 is 4.79 Å². The van der Waals surface area contributed by atoms with Crippen molar-refractivity contribution in [2.45, 2.75) is 44.2 Å². The maximum Gasteiger partial charge on any atom is 0.226 e. The van der Waals surface area contributed by atoms with Crippen LogP contribution in [0.25, 0.3) is 0 Å². The molecule has 0 spiro atoms. The van der Waals surface area contributed by atoms with Gasteiger partial charge in [0.25, 0.3) is 0 Å². The maximum atomic E-state index is 12.2. The summed E-state index contributed by atoms with van der Waals surface area (Å²) in [7, 11) is 1.92. The Morgan fingerprint density at radius 3 is 2.44 bits per heavy atom. The topological polar surface area (TPSA) is 46.3 Å². The fraction of sp³-hybridized carbons (Fsp3) is 0.533. The highest BCUT2D eigenvalue weighted by atomic mass is 16.2. The minimum Gasteiger partial charge on any atom is -0.342 e. The van der Waals surface area contributed by atoms with Gasteiger partial charge >= 0.3 is 0 Å². The molecule has 0 aliphatic heterocycles. The monoisotopic (exact) mass is 246 g/mol. The van der Waals surface area contributed by atoms with Crippen LogP contribution in [0.15, 0.2) is 30.3 Å². The van der Waals surface area contributed by atoms with Gasteiger partial charge < -0.3 is 10.6 Å². The van der Waals surface area contributed by atoms with E-state index in [2.05, 4.69) is 0 Å². The van der Waals surface area contributed by atoms with Crippen molar-refractivity contribution in [3.8, 4) is 0 Å². The Morgan fingerprint density at radius 2 is 1.83 bits per heavy atom. The van der Waals surface area contributed by atoms with Crippen LogP contribution in [0.2, 0.25) is 0 Å². The molecule has 1 aromatic rings. The molecule has 1 aromatic carbocycles. The van der Waals surface area contributed by atoms with E-state index in [-0.39, 0.29) is 5.91 Å². The van der Waals surface area contributed by atoms with Gasteiger partial charge in [-0.15, -0.1) is 0 Å². The first kappa shape index (κ1) is 13.1. The zero-order valence-corrected chi connectivity index (χ0v) is 11.0. The Kier molecular flexibility index (Phi) is 4.37. The third kappa shape index (κ3) is 3.33. The molecule has 98 valence electrons. The van der Waals surface area contributed by atoms with Crippen molar-refractivity contribution >= 4 is 5.91 Å². The van der Waals surface area contributed by atoms with E-state index < -0.39 is 0 Å². The molecular formula is C15H22N2O. The van der Waals surface area contributed by atoms with E-state index in [0.29, 0.717) is 18.5 Å². The van der Waals surface area contributed by atoms with Gasteiger partial charge in [-0.25, -0.2) is 0 Å². The summed E-state index contributed by atoms with van der Waals surface area (Å²) in [6.45, 7) is 0. The van der Waals surface area contributed by atoms with E-state index in [1.165, 1.54) is 0 Å². The molecule has 2 rings (SSSR count). The van der Waals surface area contributed by atoms with Crippen LogP contribution in [-0.4, -0.2) is 29.9 Å². The summed E-state index contributed by atoms with van der Waals surface area (Å²) < 4.78 is 0. The fourth-order valence-corrected chi connectivity index (χ4v) is 2.59. The molecule has 0 atom stereocenters. The zero-order valence-electron chi connectivity index (χ0n) is 11.0. The second-order valence-electron chi connectivity index (χ2n) is 5.24. The number of amides is 1. The number of nitrogens with zero attached hydrogens (tertiary/aromatic N) is 1. The number of benzene rings is 1. The summed E-state index contributed by atoms with van der Waals surface area (Å²) >= 11 is 0. The summed E-state index contributed by atoms with van der Waals surface area (Å²) in [6, 6.07) is 10.6. The molecule has 0 bridgehead atoms. The Balaban J connectivity index is 1.89. The van der Waals surface area contributed by atoms with Gasteiger partial charge in [-0.1, -0.05) is 30.3 Å². The standard InChI is InChI=1S/C15H22N2O/c1-17(14-9-7-13(16)8-10-14)15(18)11-12-5-3-2-4-6-12/h2-6,13-14H,7-11,16H2,1H3. The van der Waals surface area contributed by atoms with Gasteiger partial charge in [0.05, 0.1) is 6.42 Å². The normalized spacial score (nSPS) is 23.7. The lowest BCUT2D eigenvalue weighted by Crippen LogP contribution is -2.42. The van der Waals surface area contributed by atoms with E-state index in [4.69, 9.17) is 5.73 Å². The first-order valence-electron chi connectivity index (χ1n) is 6.72. The molecule has 3 heteroatoms. The largest absolute Gasteiger partial charge is 0.342 e. The minimum absolute atomic E-state index is 0.210. The van der Waals surface area contributed by atoms with Crippen molar-refractivity contribution in [2.75, 3.05) is 7.05 Å². The second-order valence-corrected chi connectivity index (χ2v) is 5.24. The van der Waals surface area contributed by atoms with Crippen LogP contribution in [0.4, 0.5) is 0 Å². The van der Waals surface area contributed by atoms with E-state index in [1.807, 2.05) is 42.3 Å². The summed E-state index contributed by atoms with van der Waals surface area (Å²) in [5, 5.41) is 0. The number of carbonyl (C=O) groups excluding carboxylic acids is 1. The van der Waals surface area contributed by atoms with Crippen LogP contribution in [-0.2, 0) is 11.2 Å². The molecule has 1 saturated carbocycles. The van der Waals surface area contributed by atoms with E-state index in [9.17, 15) is 4.79 Å². The Hall–Kier alpha value is -1.35. The summed E-state index contributed by atoms with van der Waals surface area (Å²) in [5.74, 6) is 0.210.